The maximum absolute atomic E-state index is 12.5. The molecule has 1 N–H and O–H groups in total. The summed E-state index contributed by atoms with van der Waals surface area (Å²) in [6.07, 6.45) is 0. The number of benzene rings is 2. The van der Waals surface area contributed by atoms with E-state index in [1.165, 1.54) is 26.4 Å². The molecule has 0 atom stereocenters. The maximum Gasteiger partial charge on any atom is 0.241 e. The second-order valence-electron chi connectivity index (χ2n) is 5.61. The van der Waals surface area contributed by atoms with Gasteiger partial charge in [0, 0.05) is 16.1 Å². The number of ether oxygens (including phenoxy) is 2. The van der Waals surface area contributed by atoms with Crippen molar-refractivity contribution in [3.63, 3.8) is 0 Å². The molecule has 0 radical (unpaired) electrons. The van der Waals surface area contributed by atoms with E-state index in [0.29, 0.717) is 23.0 Å². The highest BCUT2D eigenvalue weighted by Gasteiger charge is 2.17. The van der Waals surface area contributed by atoms with Crippen LogP contribution in [-0.4, -0.2) is 22.6 Å². The fourth-order valence-corrected chi connectivity index (χ4v) is 3.75. The molecule has 6 nitrogen and oxygen atoms in total. The summed E-state index contributed by atoms with van der Waals surface area (Å²) in [4.78, 5) is 0.0832. The average molecular weight is 452 g/mol. The minimum absolute atomic E-state index is 0.0349. The first kappa shape index (κ1) is 19.5. The van der Waals surface area contributed by atoms with Crippen LogP contribution in [0.25, 0.3) is 11.3 Å². The van der Waals surface area contributed by atoms with E-state index in [0.717, 1.165) is 10.0 Å². The van der Waals surface area contributed by atoms with Crippen molar-refractivity contribution < 1.29 is 22.3 Å². The van der Waals surface area contributed by atoms with E-state index in [2.05, 4.69) is 20.7 Å². The van der Waals surface area contributed by atoms with Crippen LogP contribution in [0.5, 0.6) is 11.5 Å². The molecule has 0 bridgehead atoms. The van der Waals surface area contributed by atoms with Gasteiger partial charge in [-0.05, 0) is 36.4 Å². The zero-order chi connectivity index (χ0) is 19.4. The van der Waals surface area contributed by atoms with Crippen LogP contribution >= 0.6 is 15.9 Å². The lowest BCUT2D eigenvalue weighted by atomic mass is 10.2. The molecule has 0 aliphatic heterocycles. The first-order chi connectivity index (χ1) is 12.9. The fraction of sp³-hybridized carbons (Fsp3) is 0.158. The quantitative estimate of drug-likeness (QED) is 0.582. The molecule has 3 rings (SSSR count). The number of rotatable bonds is 7. The Labute approximate surface area is 166 Å². The highest BCUT2D eigenvalue weighted by molar-refractivity contribution is 9.10. The van der Waals surface area contributed by atoms with Crippen LogP contribution in [0.2, 0.25) is 0 Å². The second-order valence-corrected chi connectivity index (χ2v) is 8.30. The lowest BCUT2D eigenvalue weighted by Gasteiger charge is -2.10. The van der Waals surface area contributed by atoms with Gasteiger partial charge in [0.1, 0.15) is 11.5 Å². The van der Waals surface area contributed by atoms with Crippen LogP contribution in [0.4, 0.5) is 0 Å². The molecule has 3 aromatic rings. The molecular weight excluding hydrogens is 434 g/mol. The van der Waals surface area contributed by atoms with Crippen LogP contribution in [-0.2, 0) is 16.6 Å². The number of sulfonamides is 1. The third-order valence-electron chi connectivity index (χ3n) is 3.89. The average Bonchev–Trinajstić information content (AvgIpc) is 3.15. The summed E-state index contributed by atoms with van der Waals surface area (Å²) < 4.78 is 44.6. The lowest BCUT2D eigenvalue weighted by Crippen LogP contribution is -2.23. The predicted octanol–water partition coefficient (Wildman–Crippen LogP) is 4.20. The topological polar surface area (TPSA) is 77.8 Å². The SMILES string of the molecule is COc1ccc(S(=O)(=O)NCc2ccc(-c3ccc(Br)cc3)o2)cc1OC. The smallest absolute Gasteiger partial charge is 0.241 e. The molecule has 2 aromatic carbocycles. The van der Waals surface area contributed by atoms with E-state index in [4.69, 9.17) is 13.9 Å². The lowest BCUT2D eigenvalue weighted by molar-refractivity contribution is 0.354. The molecule has 8 heteroatoms. The second kappa shape index (κ2) is 8.16. The van der Waals surface area contributed by atoms with Crippen molar-refractivity contribution >= 4 is 26.0 Å². The number of hydrogen-bond acceptors (Lipinski definition) is 5. The Morgan fingerprint density at radius 1 is 0.963 bits per heavy atom. The van der Waals surface area contributed by atoms with Gasteiger partial charge in [-0.15, -0.1) is 0 Å². The molecule has 142 valence electrons. The zero-order valence-electron chi connectivity index (χ0n) is 14.7. The van der Waals surface area contributed by atoms with Crippen molar-refractivity contribution in [1.82, 2.24) is 4.72 Å². The molecule has 0 aliphatic carbocycles. The van der Waals surface area contributed by atoms with E-state index in [9.17, 15) is 8.42 Å². The number of methoxy groups -OCH3 is 2. The first-order valence-corrected chi connectivity index (χ1v) is 10.3. The van der Waals surface area contributed by atoms with Crippen molar-refractivity contribution in [2.24, 2.45) is 0 Å². The zero-order valence-corrected chi connectivity index (χ0v) is 17.1. The molecule has 0 unspecified atom stereocenters. The Morgan fingerprint density at radius 2 is 1.67 bits per heavy atom. The molecule has 1 heterocycles. The highest BCUT2D eigenvalue weighted by Crippen LogP contribution is 2.29. The molecule has 27 heavy (non-hydrogen) atoms. The van der Waals surface area contributed by atoms with Gasteiger partial charge < -0.3 is 13.9 Å². The molecule has 0 saturated carbocycles. The summed E-state index contributed by atoms with van der Waals surface area (Å²) >= 11 is 3.39. The first-order valence-electron chi connectivity index (χ1n) is 7.99. The largest absolute Gasteiger partial charge is 0.493 e. The summed E-state index contributed by atoms with van der Waals surface area (Å²) in [5.74, 6) is 1.98. The van der Waals surface area contributed by atoms with Gasteiger partial charge >= 0.3 is 0 Å². The van der Waals surface area contributed by atoms with Crippen molar-refractivity contribution in [1.29, 1.82) is 0 Å². The van der Waals surface area contributed by atoms with Crippen molar-refractivity contribution in [2.75, 3.05) is 14.2 Å². The molecule has 0 saturated heterocycles. The predicted molar refractivity (Wildman–Crippen MR) is 105 cm³/mol. The molecular formula is C19H18BrNO5S. The minimum atomic E-state index is -3.73. The normalized spacial score (nSPS) is 11.4. The summed E-state index contributed by atoms with van der Waals surface area (Å²) in [5.41, 5.74) is 0.909. The van der Waals surface area contributed by atoms with E-state index in [1.54, 1.807) is 12.1 Å². The fourth-order valence-electron chi connectivity index (χ4n) is 2.48. The summed E-state index contributed by atoms with van der Waals surface area (Å²) in [5, 5.41) is 0. The van der Waals surface area contributed by atoms with Crippen LogP contribution in [0.3, 0.4) is 0 Å². The van der Waals surface area contributed by atoms with Gasteiger partial charge in [0.15, 0.2) is 11.5 Å². The van der Waals surface area contributed by atoms with Crippen LogP contribution in [0.1, 0.15) is 5.76 Å². The van der Waals surface area contributed by atoms with Gasteiger partial charge in [0.25, 0.3) is 0 Å². The van der Waals surface area contributed by atoms with Crippen molar-refractivity contribution in [2.45, 2.75) is 11.4 Å². The van der Waals surface area contributed by atoms with Gasteiger partial charge in [-0.1, -0.05) is 28.1 Å². The number of halogens is 1. The van der Waals surface area contributed by atoms with Crippen LogP contribution < -0.4 is 14.2 Å². The molecule has 0 aliphatic rings. The molecule has 0 spiro atoms. The Kier molecular flexibility index (Phi) is 5.88. The molecule has 0 amide bonds. The number of hydrogen-bond donors (Lipinski definition) is 1. The maximum atomic E-state index is 12.5. The molecule has 0 fully saturated rings. The van der Waals surface area contributed by atoms with Crippen molar-refractivity contribution in [3.05, 3.63) is 64.8 Å². The standard InChI is InChI=1S/C19H18BrNO5S/c1-24-18-10-8-16(11-19(18)25-2)27(22,23)21-12-15-7-9-17(26-15)13-3-5-14(20)6-4-13/h3-11,21H,12H2,1-2H3. The third-order valence-corrected chi connectivity index (χ3v) is 5.82. The monoisotopic (exact) mass is 451 g/mol. The van der Waals surface area contributed by atoms with Crippen LogP contribution in [0, 0.1) is 0 Å². The Hall–Kier alpha value is -2.29. The van der Waals surface area contributed by atoms with E-state index < -0.39 is 10.0 Å². The van der Waals surface area contributed by atoms with Crippen molar-refractivity contribution in [3.8, 4) is 22.8 Å². The van der Waals surface area contributed by atoms with Gasteiger partial charge in [-0.25, -0.2) is 13.1 Å². The van der Waals surface area contributed by atoms with Gasteiger partial charge in [0.2, 0.25) is 10.0 Å². The van der Waals surface area contributed by atoms with Crippen LogP contribution in [0.15, 0.2) is 68.4 Å². The Bertz CT molecular complexity index is 1030. The summed E-state index contributed by atoms with van der Waals surface area (Å²) in [6.45, 7) is 0.0349. The Morgan fingerprint density at radius 3 is 2.33 bits per heavy atom. The molecule has 1 aromatic heterocycles. The number of nitrogens with one attached hydrogen (secondary N) is 1. The van der Waals surface area contributed by atoms with E-state index >= 15 is 0 Å². The van der Waals surface area contributed by atoms with Gasteiger partial charge in [-0.2, -0.15) is 0 Å². The van der Waals surface area contributed by atoms with E-state index in [-0.39, 0.29) is 11.4 Å². The third kappa shape index (κ3) is 4.52. The van der Waals surface area contributed by atoms with E-state index in [1.807, 2.05) is 30.3 Å². The summed E-state index contributed by atoms with van der Waals surface area (Å²) in [6, 6.07) is 15.6. The van der Waals surface area contributed by atoms with Gasteiger partial charge in [0.05, 0.1) is 25.7 Å². The van der Waals surface area contributed by atoms with Gasteiger partial charge in [-0.3, -0.25) is 0 Å². The summed E-state index contributed by atoms with van der Waals surface area (Å²) in [7, 11) is -0.786. The highest BCUT2D eigenvalue weighted by atomic mass is 79.9. The minimum Gasteiger partial charge on any atom is -0.493 e. The Balaban J connectivity index is 1.73. The number of furan rings is 1.